The fourth-order valence-corrected chi connectivity index (χ4v) is 2.30. The molecule has 1 aliphatic heterocycles. The fraction of sp³-hybridized carbons (Fsp3) is 0.200. The highest BCUT2D eigenvalue weighted by Crippen LogP contribution is 2.26. The first-order valence-electron chi connectivity index (χ1n) is 4.79. The molecule has 0 aliphatic carbocycles. The Labute approximate surface area is 107 Å². The van der Waals surface area contributed by atoms with Crippen LogP contribution in [0.2, 0.25) is 5.02 Å². The van der Waals surface area contributed by atoms with Gasteiger partial charge in [0.1, 0.15) is 11.8 Å². The second-order valence-corrected chi connectivity index (χ2v) is 4.85. The van der Waals surface area contributed by atoms with Crippen molar-refractivity contribution >= 4 is 40.2 Å². The summed E-state index contributed by atoms with van der Waals surface area (Å²) in [6.07, 6.45) is 0. The maximum Gasteiger partial charge on any atom is 0.279 e. The topological polar surface area (TPSA) is 78.4 Å². The van der Waals surface area contributed by atoms with Gasteiger partial charge in [0.2, 0.25) is 5.91 Å². The number of amides is 2. The van der Waals surface area contributed by atoms with Crippen LogP contribution in [0.4, 0.5) is 10.5 Å². The van der Waals surface area contributed by atoms with E-state index in [1.807, 2.05) is 0 Å². The Morgan fingerprint density at radius 1 is 1.59 bits per heavy atom. The second-order valence-electron chi connectivity index (χ2n) is 3.45. The van der Waals surface area contributed by atoms with Gasteiger partial charge in [0.15, 0.2) is 0 Å². The number of nitrogens with one attached hydrogen (secondary N) is 2. The van der Waals surface area contributed by atoms with Crippen molar-refractivity contribution in [2.75, 3.05) is 11.1 Å². The van der Waals surface area contributed by atoms with Crippen molar-refractivity contribution in [2.45, 2.75) is 6.04 Å². The van der Waals surface area contributed by atoms with Crippen molar-refractivity contribution < 1.29 is 14.7 Å². The first kappa shape index (κ1) is 12.1. The number of carbonyl (C=O) groups excluding carboxylic acids is 2. The number of anilines is 1. The summed E-state index contributed by atoms with van der Waals surface area (Å²) in [6.45, 7) is 0. The zero-order chi connectivity index (χ0) is 12.4. The van der Waals surface area contributed by atoms with Crippen LogP contribution in [0.25, 0.3) is 0 Å². The van der Waals surface area contributed by atoms with E-state index in [2.05, 4.69) is 10.6 Å². The molecule has 1 atom stereocenters. The lowest BCUT2D eigenvalue weighted by atomic mass is 10.2. The molecule has 1 aromatic rings. The van der Waals surface area contributed by atoms with Gasteiger partial charge in [-0.2, -0.15) is 0 Å². The van der Waals surface area contributed by atoms with Crippen LogP contribution in [0.3, 0.4) is 0 Å². The van der Waals surface area contributed by atoms with Gasteiger partial charge in [-0.1, -0.05) is 23.4 Å². The van der Waals surface area contributed by atoms with Crippen LogP contribution in [0.15, 0.2) is 18.2 Å². The van der Waals surface area contributed by atoms with Crippen LogP contribution in [0.1, 0.15) is 0 Å². The molecule has 5 nitrogen and oxygen atoms in total. The van der Waals surface area contributed by atoms with Crippen molar-refractivity contribution in [3.8, 4) is 5.75 Å². The Bertz CT molecular complexity index is 481. The van der Waals surface area contributed by atoms with Gasteiger partial charge in [0.05, 0.1) is 5.02 Å². The van der Waals surface area contributed by atoms with Crippen molar-refractivity contribution in [3.05, 3.63) is 23.2 Å². The number of benzene rings is 1. The number of aromatic hydroxyl groups is 1. The van der Waals surface area contributed by atoms with E-state index in [4.69, 9.17) is 11.6 Å². The van der Waals surface area contributed by atoms with E-state index in [1.165, 1.54) is 18.2 Å². The van der Waals surface area contributed by atoms with Gasteiger partial charge in [-0.3, -0.25) is 9.59 Å². The predicted molar refractivity (Wildman–Crippen MR) is 66.5 cm³/mol. The summed E-state index contributed by atoms with van der Waals surface area (Å²) >= 11 is 6.78. The molecule has 2 amide bonds. The van der Waals surface area contributed by atoms with Gasteiger partial charge >= 0.3 is 0 Å². The Hall–Kier alpha value is -1.40. The number of hydrogen-bond donors (Lipinski definition) is 3. The van der Waals surface area contributed by atoms with E-state index in [-0.39, 0.29) is 21.9 Å². The molecule has 1 fully saturated rings. The van der Waals surface area contributed by atoms with Crippen molar-refractivity contribution in [3.63, 3.8) is 0 Å². The molecule has 1 aliphatic rings. The third-order valence-corrected chi connectivity index (χ3v) is 3.39. The highest BCUT2D eigenvalue weighted by molar-refractivity contribution is 8.14. The highest BCUT2D eigenvalue weighted by atomic mass is 35.5. The minimum Gasteiger partial charge on any atom is -0.506 e. The van der Waals surface area contributed by atoms with Crippen LogP contribution in [-0.4, -0.2) is 28.0 Å². The monoisotopic (exact) mass is 272 g/mol. The van der Waals surface area contributed by atoms with Crippen molar-refractivity contribution in [2.24, 2.45) is 0 Å². The molecule has 0 saturated carbocycles. The number of thioether (sulfide) groups is 1. The maximum absolute atomic E-state index is 11.7. The third kappa shape index (κ3) is 2.83. The van der Waals surface area contributed by atoms with Crippen molar-refractivity contribution in [1.82, 2.24) is 5.32 Å². The number of hydrogen-bond acceptors (Lipinski definition) is 4. The Morgan fingerprint density at radius 2 is 2.35 bits per heavy atom. The molecular weight excluding hydrogens is 264 g/mol. The van der Waals surface area contributed by atoms with Gasteiger partial charge in [-0.05, 0) is 18.2 Å². The van der Waals surface area contributed by atoms with Gasteiger partial charge in [0, 0.05) is 11.4 Å². The van der Waals surface area contributed by atoms with E-state index >= 15 is 0 Å². The van der Waals surface area contributed by atoms with Gasteiger partial charge < -0.3 is 15.7 Å². The van der Waals surface area contributed by atoms with Crippen LogP contribution in [0, 0.1) is 0 Å². The number of halogens is 1. The zero-order valence-electron chi connectivity index (χ0n) is 8.57. The molecule has 1 heterocycles. The minimum absolute atomic E-state index is 0.0469. The molecule has 17 heavy (non-hydrogen) atoms. The van der Waals surface area contributed by atoms with Crippen LogP contribution in [0.5, 0.6) is 5.75 Å². The van der Waals surface area contributed by atoms with Crippen LogP contribution in [-0.2, 0) is 4.79 Å². The standard InChI is InChI=1S/C10H9ClN2O3S/c11-6-3-5(1-2-8(6)14)12-9(15)7-4-17-10(16)13-7/h1-3,7,14H,4H2,(H,12,15)(H,13,16). The Morgan fingerprint density at radius 3 is 2.94 bits per heavy atom. The van der Waals surface area contributed by atoms with Gasteiger partial charge in [0.25, 0.3) is 5.24 Å². The van der Waals surface area contributed by atoms with E-state index in [0.717, 1.165) is 11.8 Å². The van der Waals surface area contributed by atoms with Crippen LogP contribution >= 0.6 is 23.4 Å². The minimum atomic E-state index is -0.528. The molecule has 90 valence electrons. The summed E-state index contributed by atoms with van der Waals surface area (Å²) in [5.41, 5.74) is 0.476. The second kappa shape index (κ2) is 4.85. The highest BCUT2D eigenvalue weighted by Gasteiger charge is 2.27. The van der Waals surface area contributed by atoms with E-state index in [1.54, 1.807) is 0 Å². The summed E-state index contributed by atoms with van der Waals surface area (Å²) in [6, 6.07) is 3.84. The maximum atomic E-state index is 11.7. The summed E-state index contributed by atoms with van der Waals surface area (Å²) in [7, 11) is 0. The molecule has 2 rings (SSSR count). The Kier molecular flexibility index (Phi) is 3.44. The number of rotatable bonds is 2. The zero-order valence-corrected chi connectivity index (χ0v) is 10.1. The molecular formula is C10H9ClN2O3S. The molecule has 1 aromatic carbocycles. The predicted octanol–water partition coefficient (Wildman–Crippen LogP) is 1.81. The van der Waals surface area contributed by atoms with Gasteiger partial charge in [-0.15, -0.1) is 0 Å². The SMILES string of the molecule is O=C1NC(C(=O)Nc2ccc(O)c(Cl)c2)CS1. The molecule has 3 N–H and O–H groups in total. The number of phenols is 1. The molecule has 7 heteroatoms. The number of carbonyl (C=O) groups is 2. The smallest absolute Gasteiger partial charge is 0.279 e. The number of phenolic OH excluding ortho intramolecular Hbond substituents is 1. The lowest BCUT2D eigenvalue weighted by Gasteiger charge is -2.10. The summed E-state index contributed by atoms with van der Waals surface area (Å²) < 4.78 is 0. The van der Waals surface area contributed by atoms with E-state index in [9.17, 15) is 14.7 Å². The third-order valence-electron chi connectivity index (χ3n) is 2.20. The molecule has 1 saturated heterocycles. The fourth-order valence-electron chi connectivity index (χ4n) is 1.34. The molecule has 0 radical (unpaired) electrons. The van der Waals surface area contributed by atoms with Crippen molar-refractivity contribution in [1.29, 1.82) is 0 Å². The van der Waals surface area contributed by atoms with Crippen LogP contribution < -0.4 is 10.6 Å². The van der Waals surface area contributed by atoms with Gasteiger partial charge in [-0.25, -0.2) is 0 Å². The summed E-state index contributed by atoms with van der Waals surface area (Å²) in [5, 5.41) is 14.3. The van der Waals surface area contributed by atoms with E-state index in [0.29, 0.717) is 11.4 Å². The lowest BCUT2D eigenvalue weighted by Crippen LogP contribution is -2.38. The largest absolute Gasteiger partial charge is 0.506 e. The lowest BCUT2D eigenvalue weighted by molar-refractivity contribution is -0.117. The molecule has 0 aromatic heterocycles. The average Bonchev–Trinajstić information content (AvgIpc) is 2.70. The first-order valence-corrected chi connectivity index (χ1v) is 6.15. The molecule has 1 unspecified atom stereocenters. The summed E-state index contributed by atoms with van der Waals surface area (Å²) in [4.78, 5) is 22.6. The summed E-state index contributed by atoms with van der Waals surface area (Å²) in [5.74, 6) is 0.0655. The quantitative estimate of drug-likeness (QED) is 0.718. The normalized spacial score (nSPS) is 18.9. The van der Waals surface area contributed by atoms with E-state index < -0.39 is 6.04 Å². The average molecular weight is 273 g/mol. The molecule has 0 spiro atoms. The Balaban J connectivity index is 2.03. The molecule has 0 bridgehead atoms. The first-order chi connectivity index (χ1) is 8.06.